The number of aliphatic imine (C=N–C) groups is 1. The molecular weight excluding hydrogens is 278 g/mol. The first-order valence-electron chi connectivity index (χ1n) is 7.25. The predicted molar refractivity (Wildman–Crippen MR) is 79.6 cm³/mol. The molecule has 0 unspecified atom stereocenters. The summed E-state index contributed by atoms with van der Waals surface area (Å²) in [7, 11) is -3.09. The largest absolute Gasteiger partial charge is 0.339 e. The standard InChI is InChI=1S/C12H25N5O2S/c1-20(18,19)17-9-7-16(8-10-17)12(15-13)14-11-5-3-2-4-6-11/h11H,2-10,13H2,1H3,(H,14,15). The molecule has 1 aliphatic carbocycles. The lowest BCUT2D eigenvalue weighted by Crippen LogP contribution is -2.55. The highest BCUT2D eigenvalue weighted by Crippen LogP contribution is 2.20. The minimum atomic E-state index is -3.09. The Morgan fingerprint density at radius 2 is 1.75 bits per heavy atom. The first-order chi connectivity index (χ1) is 9.50. The van der Waals surface area contributed by atoms with Crippen molar-refractivity contribution in [3.63, 3.8) is 0 Å². The second-order valence-electron chi connectivity index (χ2n) is 5.54. The summed E-state index contributed by atoms with van der Waals surface area (Å²) in [5.41, 5.74) is 2.68. The van der Waals surface area contributed by atoms with Crippen molar-refractivity contribution in [3.8, 4) is 0 Å². The Balaban J connectivity index is 1.94. The van der Waals surface area contributed by atoms with Gasteiger partial charge in [-0.2, -0.15) is 4.31 Å². The van der Waals surface area contributed by atoms with Crippen LogP contribution in [-0.2, 0) is 10.0 Å². The van der Waals surface area contributed by atoms with E-state index in [0.717, 1.165) is 12.8 Å². The number of piperazine rings is 1. The highest BCUT2D eigenvalue weighted by molar-refractivity contribution is 7.88. The summed E-state index contributed by atoms with van der Waals surface area (Å²) in [6.07, 6.45) is 7.25. The van der Waals surface area contributed by atoms with E-state index in [9.17, 15) is 8.42 Å². The third kappa shape index (κ3) is 4.07. The van der Waals surface area contributed by atoms with Crippen molar-refractivity contribution >= 4 is 16.0 Å². The third-order valence-electron chi connectivity index (χ3n) is 4.02. The summed E-state index contributed by atoms with van der Waals surface area (Å²) >= 11 is 0. The molecule has 116 valence electrons. The van der Waals surface area contributed by atoms with E-state index in [1.807, 2.05) is 4.90 Å². The number of nitrogens with zero attached hydrogens (tertiary/aromatic N) is 3. The van der Waals surface area contributed by atoms with Gasteiger partial charge in [0, 0.05) is 26.2 Å². The van der Waals surface area contributed by atoms with Gasteiger partial charge in [0.15, 0.2) is 0 Å². The molecule has 0 radical (unpaired) electrons. The lowest BCUT2D eigenvalue weighted by molar-refractivity contribution is 0.259. The molecule has 1 saturated carbocycles. The van der Waals surface area contributed by atoms with Gasteiger partial charge in [0.2, 0.25) is 16.0 Å². The van der Waals surface area contributed by atoms with Gasteiger partial charge >= 0.3 is 0 Å². The van der Waals surface area contributed by atoms with Crippen LogP contribution in [0.4, 0.5) is 0 Å². The van der Waals surface area contributed by atoms with Gasteiger partial charge in [-0.05, 0) is 12.8 Å². The number of hydrogen-bond donors (Lipinski definition) is 2. The average Bonchev–Trinajstić information content (AvgIpc) is 2.45. The summed E-state index contributed by atoms with van der Waals surface area (Å²) in [6, 6.07) is 0.350. The van der Waals surface area contributed by atoms with E-state index >= 15 is 0 Å². The maximum atomic E-state index is 11.5. The van der Waals surface area contributed by atoms with Gasteiger partial charge in [0.25, 0.3) is 0 Å². The van der Waals surface area contributed by atoms with E-state index in [1.165, 1.54) is 29.8 Å². The number of guanidine groups is 1. The van der Waals surface area contributed by atoms with Crippen molar-refractivity contribution in [2.45, 2.75) is 38.1 Å². The fraction of sp³-hybridized carbons (Fsp3) is 0.917. The zero-order chi connectivity index (χ0) is 14.6. The van der Waals surface area contributed by atoms with Gasteiger partial charge < -0.3 is 4.90 Å². The topological polar surface area (TPSA) is 91.0 Å². The molecule has 0 spiro atoms. The zero-order valence-corrected chi connectivity index (χ0v) is 12.9. The summed E-state index contributed by atoms with van der Waals surface area (Å²) in [5.74, 6) is 6.29. The van der Waals surface area contributed by atoms with Crippen LogP contribution >= 0.6 is 0 Å². The number of sulfonamides is 1. The third-order valence-corrected chi connectivity index (χ3v) is 5.32. The lowest BCUT2D eigenvalue weighted by Gasteiger charge is -2.35. The Bertz CT molecular complexity index is 437. The Morgan fingerprint density at radius 3 is 2.25 bits per heavy atom. The molecule has 2 aliphatic rings. The Labute approximate surface area is 121 Å². The van der Waals surface area contributed by atoms with E-state index < -0.39 is 10.0 Å². The molecule has 0 amide bonds. The SMILES string of the molecule is CS(=O)(=O)N1CCN(C(=NC2CCCCC2)NN)CC1. The summed E-state index contributed by atoms with van der Waals surface area (Å²) < 4.78 is 24.5. The summed E-state index contributed by atoms with van der Waals surface area (Å²) in [4.78, 5) is 6.74. The van der Waals surface area contributed by atoms with Gasteiger partial charge in [-0.3, -0.25) is 5.43 Å². The van der Waals surface area contributed by atoms with Gasteiger partial charge in [-0.1, -0.05) is 19.3 Å². The molecule has 0 atom stereocenters. The smallest absolute Gasteiger partial charge is 0.211 e. The van der Waals surface area contributed by atoms with Crippen molar-refractivity contribution < 1.29 is 8.42 Å². The Hall–Kier alpha value is -0.860. The Kier molecular flexibility index (Phi) is 5.22. The molecule has 8 heteroatoms. The van der Waals surface area contributed by atoms with Gasteiger partial charge in [-0.25, -0.2) is 19.3 Å². The summed E-state index contributed by atoms with van der Waals surface area (Å²) in [6.45, 7) is 2.24. The van der Waals surface area contributed by atoms with Crippen molar-refractivity contribution in [3.05, 3.63) is 0 Å². The van der Waals surface area contributed by atoms with Crippen molar-refractivity contribution in [1.29, 1.82) is 0 Å². The van der Waals surface area contributed by atoms with Crippen molar-refractivity contribution in [2.24, 2.45) is 10.8 Å². The number of nitrogens with two attached hydrogens (primary N) is 1. The minimum absolute atomic E-state index is 0.350. The second-order valence-corrected chi connectivity index (χ2v) is 7.52. The van der Waals surface area contributed by atoms with Crippen molar-refractivity contribution in [2.75, 3.05) is 32.4 Å². The fourth-order valence-corrected chi connectivity index (χ4v) is 3.65. The van der Waals surface area contributed by atoms with Crippen LogP contribution in [0.2, 0.25) is 0 Å². The maximum Gasteiger partial charge on any atom is 0.211 e. The van der Waals surface area contributed by atoms with E-state index in [4.69, 9.17) is 10.8 Å². The molecule has 0 aromatic rings. The number of hydrogen-bond acceptors (Lipinski definition) is 4. The fourth-order valence-electron chi connectivity index (χ4n) is 2.82. The quantitative estimate of drug-likeness (QED) is 0.317. The first-order valence-corrected chi connectivity index (χ1v) is 9.10. The molecule has 1 saturated heterocycles. The minimum Gasteiger partial charge on any atom is -0.339 e. The molecular formula is C12H25N5O2S. The highest BCUT2D eigenvalue weighted by Gasteiger charge is 2.25. The second kappa shape index (κ2) is 6.73. The van der Waals surface area contributed by atoms with Crippen LogP contribution in [-0.4, -0.2) is 62.1 Å². The van der Waals surface area contributed by atoms with Crippen LogP contribution in [0.5, 0.6) is 0 Å². The lowest BCUT2D eigenvalue weighted by atomic mass is 9.96. The molecule has 7 nitrogen and oxygen atoms in total. The number of rotatable bonds is 2. The van der Waals surface area contributed by atoms with Crippen LogP contribution in [0.15, 0.2) is 4.99 Å². The molecule has 0 aromatic carbocycles. The van der Waals surface area contributed by atoms with E-state index in [1.54, 1.807) is 0 Å². The normalized spacial score (nSPS) is 23.9. The molecule has 3 N–H and O–H groups in total. The molecule has 0 aromatic heterocycles. The summed E-state index contributed by atoms with van der Waals surface area (Å²) in [5, 5.41) is 0. The van der Waals surface area contributed by atoms with Crippen LogP contribution in [0.1, 0.15) is 32.1 Å². The van der Waals surface area contributed by atoms with E-state index in [2.05, 4.69) is 5.43 Å². The van der Waals surface area contributed by atoms with Crippen LogP contribution in [0.3, 0.4) is 0 Å². The number of nitrogens with one attached hydrogen (secondary N) is 1. The maximum absolute atomic E-state index is 11.5. The monoisotopic (exact) mass is 303 g/mol. The molecule has 0 bridgehead atoms. The van der Waals surface area contributed by atoms with E-state index in [0.29, 0.717) is 38.2 Å². The first kappa shape index (κ1) is 15.5. The van der Waals surface area contributed by atoms with E-state index in [-0.39, 0.29) is 0 Å². The molecule has 2 fully saturated rings. The molecule has 20 heavy (non-hydrogen) atoms. The molecule has 1 aliphatic heterocycles. The van der Waals surface area contributed by atoms with Crippen LogP contribution in [0.25, 0.3) is 0 Å². The molecule has 1 heterocycles. The predicted octanol–water partition coefficient (Wildman–Crippen LogP) is -0.284. The molecule has 2 rings (SSSR count). The van der Waals surface area contributed by atoms with Gasteiger partial charge in [0.05, 0.1) is 12.3 Å². The number of hydrazine groups is 1. The van der Waals surface area contributed by atoms with Gasteiger partial charge in [0.1, 0.15) is 0 Å². The van der Waals surface area contributed by atoms with Gasteiger partial charge in [-0.15, -0.1) is 0 Å². The van der Waals surface area contributed by atoms with Crippen molar-refractivity contribution in [1.82, 2.24) is 14.6 Å². The highest BCUT2D eigenvalue weighted by atomic mass is 32.2. The average molecular weight is 303 g/mol. The van der Waals surface area contributed by atoms with Crippen LogP contribution in [0, 0.1) is 0 Å². The zero-order valence-electron chi connectivity index (χ0n) is 12.1. The Morgan fingerprint density at radius 1 is 1.15 bits per heavy atom. The van der Waals surface area contributed by atoms with Crippen LogP contribution < -0.4 is 11.3 Å².